The highest BCUT2D eigenvalue weighted by molar-refractivity contribution is 5.97. The third-order valence-electron chi connectivity index (χ3n) is 3.64. The number of rotatable bonds is 4. The van der Waals surface area contributed by atoms with Gasteiger partial charge in [0.1, 0.15) is 0 Å². The largest absolute Gasteiger partial charge is 0.395 e. The summed E-state index contributed by atoms with van der Waals surface area (Å²) in [4.78, 5) is 16.6. The van der Waals surface area contributed by atoms with E-state index in [-0.39, 0.29) is 5.91 Å². The van der Waals surface area contributed by atoms with Gasteiger partial charge in [0.25, 0.3) is 5.91 Å². The molecule has 1 amide bonds. The number of hydrogen-bond acceptors (Lipinski definition) is 4. The van der Waals surface area contributed by atoms with Crippen LogP contribution in [0.15, 0.2) is 0 Å². The lowest BCUT2D eigenvalue weighted by molar-refractivity contribution is 0.0632. The van der Waals surface area contributed by atoms with Crippen LogP contribution in [0.5, 0.6) is 0 Å². The van der Waals surface area contributed by atoms with Gasteiger partial charge in [-0.25, -0.2) is 0 Å². The predicted molar refractivity (Wildman–Crippen MR) is 75.0 cm³/mol. The lowest BCUT2D eigenvalue weighted by Crippen LogP contribution is -2.49. The number of nitrogens with zero attached hydrogens (tertiary/aromatic N) is 3. The van der Waals surface area contributed by atoms with E-state index in [4.69, 9.17) is 5.73 Å². The molecule has 1 aliphatic heterocycles. The molecule has 0 spiro atoms. The van der Waals surface area contributed by atoms with Crippen LogP contribution in [-0.4, -0.2) is 58.6 Å². The molecule has 6 nitrogen and oxygen atoms in total. The summed E-state index contributed by atoms with van der Waals surface area (Å²) in [6.45, 7) is 8.65. The molecule has 1 aliphatic rings. The SMILES string of the molecule is CCCN1CCN(C(=O)c2n[nH]c(CC)c2N)CC1. The Morgan fingerprint density at radius 2 is 2.00 bits per heavy atom. The summed E-state index contributed by atoms with van der Waals surface area (Å²) < 4.78 is 0. The highest BCUT2D eigenvalue weighted by Crippen LogP contribution is 2.17. The summed E-state index contributed by atoms with van der Waals surface area (Å²) in [5, 5.41) is 6.90. The van der Waals surface area contributed by atoms with Crippen molar-refractivity contribution in [2.75, 3.05) is 38.5 Å². The van der Waals surface area contributed by atoms with Crippen LogP contribution in [-0.2, 0) is 6.42 Å². The van der Waals surface area contributed by atoms with Gasteiger partial charge < -0.3 is 10.6 Å². The fourth-order valence-corrected chi connectivity index (χ4v) is 2.46. The number of carbonyl (C=O) groups is 1. The number of hydrogen-bond donors (Lipinski definition) is 2. The molecule has 0 atom stereocenters. The number of aromatic nitrogens is 2. The van der Waals surface area contributed by atoms with E-state index >= 15 is 0 Å². The molecule has 0 aromatic carbocycles. The van der Waals surface area contributed by atoms with Crippen molar-refractivity contribution < 1.29 is 4.79 Å². The maximum absolute atomic E-state index is 12.4. The molecule has 3 N–H and O–H groups in total. The summed E-state index contributed by atoms with van der Waals surface area (Å²) in [5.41, 5.74) is 7.66. The van der Waals surface area contributed by atoms with E-state index in [0.717, 1.165) is 51.3 Å². The van der Waals surface area contributed by atoms with Crippen LogP contribution in [0.2, 0.25) is 0 Å². The van der Waals surface area contributed by atoms with Crippen LogP contribution in [0.25, 0.3) is 0 Å². The zero-order valence-electron chi connectivity index (χ0n) is 11.8. The Kier molecular flexibility index (Phi) is 4.42. The first-order chi connectivity index (χ1) is 9.17. The molecule has 1 saturated heterocycles. The number of nitrogens with two attached hydrogens (primary N) is 1. The average molecular weight is 265 g/mol. The lowest BCUT2D eigenvalue weighted by atomic mass is 10.2. The van der Waals surface area contributed by atoms with Crippen molar-refractivity contribution in [3.05, 3.63) is 11.4 Å². The molecule has 19 heavy (non-hydrogen) atoms. The van der Waals surface area contributed by atoms with Gasteiger partial charge in [-0.1, -0.05) is 13.8 Å². The van der Waals surface area contributed by atoms with Crippen LogP contribution in [0, 0.1) is 0 Å². The van der Waals surface area contributed by atoms with E-state index in [1.165, 1.54) is 0 Å². The number of amides is 1. The number of piperazine rings is 1. The normalized spacial score (nSPS) is 16.8. The Hall–Kier alpha value is -1.56. The molecular formula is C13H23N5O. The zero-order chi connectivity index (χ0) is 13.8. The molecule has 0 aliphatic carbocycles. The monoisotopic (exact) mass is 265 g/mol. The summed E-state index contributed by atoms with van der Waals surface area (Å²) in [7, 11) is 0. The summed E-state index contributed by atoms with van der Waals surface area (Å²) in [6, 6.07) is 0. The highest BCUT2D eigenvalue weighted by atomic mass is 16.2. The number of carbonyl (C=O) groups excluding carboxylic acids is 1. The minimum absolute atomic E-state index is 0.0513. The molecular weight excluding hydrogens is 242 g/mol. The van der Waals surface area contributed by atoms with Crippen LogP contribution < -0.4 is 5.73 Å². The Labute approximate surface area is 113 Å². The molecule has 0 radical (unpaired) electrons. The van der Waals surface area contributed by atoms with Crippen LogP contribution in [0.1, 0.15) is 36.5 Å². The Morgan fingerprint density at radius 3 is 2.53 bits per heavy atom. The van der Waals surface area contributed by atoms with Gasteiger partial charge in [-0.2, -0.15) is 5.10 Å². The first kappa shape index (κ1) is 13.9. The minimum Gasteiger partial charge on any atom is -0.395 e. The van der Waals surface area contributed by atoms with Gasteiger partial charge in [-0.15, -0.1) is 0 Å². The molecule has 6 heteroatoms. The first-order valence-electron chi connectivity index (χ1n) is 7.01. The number of nitrogen functional groups attached to an aromatic ring is 1. The van der Waals surface area contributed by atoms with Gasteiger partial charge >= 0.3 is 0 Å². The number of H-pyrrole nitrogens is 1. The molecule has 2 heterocycles. The van der Waals surface area contributed by atoms with Crippen molar-refractivity contribution in [1.29, 1.82) is 0 Å². The Morgan fingerprint density at radius 1 is 1.32 bits per heavy atom. The maximum atomic E-state index is 12.4. The van der Waals surface area contributed by atoms with Crippen LogP contribution >= 0.6 is 0 Å². The van der Waals surface area contributed by atoms with E-state index in [1.54, 1.807) is 0 Å². The third kappa shape index (κ3) is 2.89. The molecule has 0 unspecified atom stereocenters. The van der Waals surface area contributed by atoms with Crippen molar-refractivity contribution in [3.63, 3.8) is 0 Å². The lowest BCUT2D eigenvalue weighted by Gasteiger charge is -2.34. The van der Waals surface area contributed by atoms with E-state index in [1.807, 2.05) is 11.8 Å². The van der Waals surface area contributed by atoms with E-state index < -0.39 is 0 Å². The fourth-order valence-electron chi connectivity index (χ4n) is 2.46. The standard InChI is InChI=1S/C13H23N5O/c1-3-5-17-6-8-18(9-7-17)13(19)12-11(14)10(4-2)15-16-12/h3-9,14H2,1-2H3,(H,15,16). The molecule has 2 rings (SSSR count). The number of nitrogens with one attached hydrogen (secondary N) is 1. The van der Waals surface area contributed by atoms with E-state index in [9.17, 15) is 4.79 Å². The van der Waals surface area contributed by atoms with E-state index in [0.29, 0.717) is 11.4 Å². The average Bonchev–Trinajstić information content (AvgIpc) is 2.80. The number of aryl methyl sites for hydroxylation is 1. The van der Waals surface area contributed by atoms with E-state index in [2.05, 4.69) is 22.0 Å². The van der Waals surface area contributed by atoms with Crippen molar-refractivity contribution >= 4 is 11.6 Å². The summed E-state index contributed by atoms with van der Waals surface area (Å²) in [6.07, 6.45) is 1.91. The van der Waals surface area contributed by atoms with Gasteiger partial charge in [0.2, 0.25) is 0 Å². The number of aromatic amines is 1. The molecule has 1 fully saturated rings. The highest BCUT2D eigenvalue weighted by Gasteiger charge is 2.25. The quantitative estimate of drug-likeness (QED) is 0.841. The summed E-state index contributed by atoms with van der Waals surface area (Å²) >= 11 is 0. The second-order valence-electron chi connectivity index (χ2n) is 4.95. The molecule has 1 aromatic rings. The molecule has 0 saturated carbocycles. The smallest absolute Gasteiger partial charge is 0.276 e. The third-order valence-corrected chi connectivity index (χ3v) is 3.64. The molecule has 1 aromatic heterocycles. The van der Waals surface area contributed by atoms with Crippen molar-refractivity contribution in [3.8, 4) is 0 Å². The molecule has 0 bridgehead atoms. The Balaban J connectivity index is 1.99. The fraction of sp³-hybridized carbons (Fsp3) is 0.692. The second-order valence-corrected chi connectivity index (χ2v) is 4.95. The summed E-state index contributed by atoms with van der Waals surface area (Å²) in [5.74, 6) is -0.0513. The van der Waals surface area contributed by atoms with Crippen molar-refractivity contribution in [2.45, 2.75) is 26.7 Å². The van der Waals surface area contributed by atoms with Crippen molar-refractivity contribution in [2.24, 2.45) is 0 Å². The van der Waals surface area contributed by atoms with Crippen molar-refractivity contribution in [1.82, 2.24) is 20.0 Å². The minimum atomic E-state index is -0.0513. The topological polar surface area (TPSA) is 78.2 Å². The molecule has 106 valence electrons. The van der Waals surface area contributed by atoms with Gasteiger partial charge in [0.15, 0.2) is 5.69 Å². The maximum Gasteiger partial charge on any atom is 0.276 e. The second kappa shape index (κ2) is 6.06. The van der Waals surface area contributed by atoms with Crippen LogP contribution in [0.4, 0.5) is 5.69 Å². The zero-order valence-corrected chi connectivity index (χ0v) is 11.8. The Bertz CT molecular complexity index is 434. The van der Waals surface area contributed by atoms with Gasteiger partial charge in [0.05, 0.1) is 11.4 Å². The van der Waals surface area contributed by atoms with Gasteiger partial charge in [-0.3, -0.25) is 14.8 Å². The number of anilines is 1. The van der Waals surface area contributed by atoms with Gasteiger partial charge in [0, 0.05) is 26.2 Å². The first-order valence-corrected chi connectivity index (χ1v) is 7.01. The predicted octanol–water partition coefficient (Wildman–Crippen LogP) is 0.722. The van der Waals surface area contributed by atoms with Gasteiger partial charge in [-0.05, 0) is 19.4 Å². The van der Waals surface area contributed by atoms with Crippen LogP contribution in [0.3, 0.4) is 0 Å².